The third kappa shape index (κ3) is 3.84. The van der Waals surface area contributed by atoms with E-state index in [1.165, 1.54) is 17.5 Å². The lowest BCUT2D eigenvalue weighted by Gasteiger charge is -2.33. The number of primary amides is 1. The molecule has 0 aliphatic heterocycles. The van der Waals surface area contributed by atoms with Gasteiger partial charge in [0.15, 0.2) is 4.77 Å². The highest BCUT2D eigenvalue weighted by Crippen LogP contribution is 2.39. The van der Waals surface area contributed by atoms with Gasteiger partial charge in [-0.3, -0.25) is 9.69 Å². The number of carbonyl (C=O) groups is 1. The molecule has 0 spiro atoms. The first-order valence-corrected chi connectivity index (χ1v) is 10.2. The fraction of sp³-hybridized carbons (Fsp3) is 0.550. The summed E-state index contributed by atoms with van der Waals surface area (Å²) in [5.41, 5.74) is 8.22. The van der Waals surface area contributed by atoms with Crippen LogP contribution in [0.4, 0.5) is 0 Å². The first kappa shape index (κ1) is 18.4. The summed E-state index contributed by atoms with van der Waals surface area (Å²) in [5.74, 6) is 1.18. The number of amides is 1. The third-order valence-electron chi connectivity index (χ3n) is 5.70. The fourth-order valence-electron chi connectivity index (χ4n) is 4.12. The number of nitrogens with zero attached hydrogens (tertiary/aromatic N) is 4. The van der Waals surface area contributed by atoms with Crippen molar-refractivity contribution in [2.45, 2.75) is 63.7 Å². The molecular weight excluding hydrogens is 358 g/mol. The van der Waals surface area contributed by atoms with Crippen LogP contribution in [-0.4, -0.2) is 32.2 Å². The van der Waals surface area contributed by atoms with Crippen molar-refractivity contribution in [3.8, 4) is 0 Å². The van der Waals surface area contributed by atoms with Crippen LogP contribution in [0.5, 0.6) is 0 Å². The van der Waals surface area contributed by atoms with Crippen molar-refractivity contribution in [3.05, 3.63) is 46.0 Å². The summed E-state index contributed by atoms with van der Waals surface area (Å²) in [4.78, 5) is 13.6. The van der Waals surface area contributed by atoms with Crippen LogP contribution in [0.25, 0.3) is 0 Å². The van der Waals surface area contributed by atoms with E-state index in [1.807, 2.05) is 9.25 Å². The van der Waals surface area contributed by atoms with E-state index < -0.39 is 0 Å². The molecule has 4 rings (SSSR count). The molecule has 0 bridgehead atoms. The van der Waals surface area contributed by atoms with Crippen molar-refractivity contribution in [2.24, 2.45) is 5.73 Å². The topological polar surface area (TPSA) is 69.1 Å². The van der Waals surface area contributed by atoms with Crippen molar-refractivity contribution in [2.75, 3.05) is 7.05 Å². The van der Waals surface area contributed by atoms with Crippen molar-refractivity contribution in [3.63, 3.8) is 0 Å². The predicted octanol–water partition coefficient (Wildman–Crippen LogP) is 3.13. The van der Waals surface area contributed by atoms with Crippen LogP contribution < -0.4 is 5.73 Å². The largest absolute Gasteiger partial charge is 0.370 e. The molecule has 1 atom stereocenters. The van der Waals surface area contributed by atoms with E-state index in [0.29, 0.717) is 36.4 Å². The van der Waals surface area contributed by atoms with Crippen molar-refractivity contribution in [1.29, 1.82) is 0 Å². The van der Waals surface area contributed by atoms with Crippen LogP contribution in [0.3, 0.4) is 0 Å². The quantitative estimate of drug-likeness (QED) is 0.744. The first-order valence-electron chi connectivity index (χ1n) is 9.78. The molecule has 27 heavy (non-hydrogen) atoms. The summed E-state index contributed by atoms with van der Waals surface area (Å²) in [6.07, 6.45) is 6.11. The van der Waals surface area contributed by atoms with Gasteiger partial charge in [0.25, 0.3) is 0 Å². The van der Waals surface area contributed by atoms with Gasteiger partial charge in [0.2, 0.25) is 5.91 Å². The van der Waals surface area contributed by atoms with Gasteiger partial charge >= 0.3 is 0 Å². The molecule has 144 valence electrons. The Labute approximate surface area is 165 Å². The Kier molecular flexibility index (Phi) is 5.14. The standard InChI is InChI=1S/C20H27N5OS/c1-23(17-8-4-6-14-5-2-3-7-16(14)17)13-25-20(27)24(12-11-18(21)26)19(22-25)15-9-10-15/h2-3,5,7,15,17H,4,6,8-13H2,1H3,(H2,21,26). The number of aromatic nitrogens is 3. The molecule has 1 amide bonds. The van der Waals surface area contributed by atoms with Crippen LogP contribution in [-0.2, 0) is 24.4 Å². The van der Waals surface area contributed by atoms with Gasteiger partial charge in [0.1, 0.15) is 5.82 Å². The second-order valence-corrected chi connectivity index (χ2v) is 8.15. The number of hydrogen-bond acceptors (Lipinski definition) is 4. The van der Waals surface area contributed by atoms with E-state index in [2.05, 4.69) is 36.2 Å². The number of fused-ring (bicyclic) bond motifs is 1. The highest BCUT2D eigenvalue weighted by Gasteiger charge is 2.31. The molecule has 2 aliphatic carbocycles. The highest BCUT2D eigenvalue weighted by molar-refractivity contribution is 7.71. The molecule has 7 heteroatoms. The lowest BCUT2D eigenvalue weighted by Crippen LogP contribution is -2.30. The summed E-state index contributed by atoms with van der Waals surface area (Å²) < 4.78 is 4.62. The number of aryl methyl sites for hydroxylation is 1. The third-order valence-corrected chi connectivity index (χ3v) is 6.13. The second kappa shape index (κ2) is 7.56. The fourth-order valence-corrected chi connectivity index (χ4v) is 4.40. The maximum atomic E-state index is 11.2. The van der Waals surface area contributed by atoms with Gasteiger partial charge in [-0.05, 0) is 62.5 Å². The Morgan fingerprint density at radius 2 is 2.11 bits per heavy atom. The smallest absolute Gasteiger partial charge is 0.219 e. The van der Waals surface area contributed by atoms with Gasteiger partial charge in [0, 0.05) is 24.9 Å². The zero-order valence-electron chi connectivity index (χ0n) is 15.8. The Morgan fingerprint density at radius 3 is 2.85 bits per heavy atom. The zero-order valence-corrected chi connectivity index (χ0v) is 16.6. The lowest BCUT2D eigenvalue weighted by molar-refractivity contribution is -0.118. The number of nitrogens with two attached hydrogens (primary N) is 1. The Morgan fingerprint density at radius 1 is 1.33 bits per heavy atom. The van der Waals surface area contributed by atoms with Gasteiger partial charge in [-0.1, -0.05) is 24.3 Å². The lowest BCUT2D eigenvalue weighted by atomic mass is 9.87. The van der Waals surface area contributed by atoms with Crippen LogP contribution in [0, 0.1) is 4.77 Å². The maximum absolute atomic E-state index is 11.2. The molecule has 1 heterocycles. The average Bonchev–Trinajstić information content (AvgIpc) is 3.46. The first-order chi connectivity index (χ1) is 13.0. The minimum atomic E-state index is -0.303. The van der Waals surface area contributed by atoms with Crippen molar-refractivity contribution in [1.82, 2.24) is 19.2 Å². The molecule has 6 nitrogen and oxygen atoms in total. The van der Waals surface area contributed by atoms with E-state index >= 15 is 0 Å². The molecular formula is C20H27N5OS. The molecule has 1 aromatic heterocycles. The molecule has 1 fully saturated rings. The number of rotatable bonds is 7. The predicted molar refractivity (Wildman–Crippen MR) is 107 cm³/mol. The number of benzene rings is 1. The highest BCUT2D eigenvalue weighted by atomic mass is 32.1. The molecule has 1 unspecified atom stereocenters. The van der Waals surface area contributed by atoms with Crippen molar-refractivity contribution >= 4 is 18.1 Å². The minimum Gasteiger partial charge on any atom is -0.370 e. The summed E-state index contributed by atoms with van der Waals surface area (Å²) >= 11 is 5.69. The van der Waals surface area contributed by atoms with E-state index in [1.54, 1.807) is 0 Å². The normalized spacial score (nSPS) is 19.3. The second-order valence-electron chi connectivity index (χ2n) is 7.79. The van der Waals surface area contributed by atoms with Crippen LogP contribution in [0.1, 0.15) is 61.0 Å². The molecule has 0 saturated heterocycles. The summed E-state index contributed by atoms with van der Waals surface area (Å²) in [6, 6.07) is 9.12. The minimum absolute atomic E-state index is 0.297. The Bertz CT molecular complexity index is 898. The maximum Gasteiger partial charge on any atom is 0.219 e. The molecule has 2 N–H and O–H groups in total. The van der Waals surface area contributed by atoms with E-state index in [9.17, 15) is 4.79 Å². The van der Waals surface area contributed by atoms with Gasteiger partial charge in [-0.25, -0.2) is 4.68 Å². The van der Waals surface area contributed by atoms with Gasteiger partial charge in [-0.15, -0.1) is 0 Å². The van der Waals surface area contributed by atoms with Crippen LogP contribution in [0.2, 0.25) is 0 Å². The zero-order chi connectivity index (χ0) is 19.0. The van der Waals surface area contributed by atoms with Gasteiger partial charge < -0.3 is 10.3 Å². The van der Waals surface area contributed by atoms with Crippen LogP contribution >= 0.6 is 12.2 Å². The molecule has 0 radical (unpaired) electrons. The van der Waals surface area contributed by atoms with E-state index in [-0.39, 0.29) is 5.91 Å². The number of hydrogen-bond donors (Lipinski definition) is 1. The van der Waals surface area contributed by atoms with Crippen LogP contribution in [0.15, 0.2) is 24.3 Å². The molecule has 2 aliphatic rings. The molecule has 1 aromatic carbocycles. The molecule has 1 saturated carbocycles. The monoisotopic (exact) mass is 385 g/mol. The van der Waals surface area contributed by atoms with Gasteiger partial charge in [0.05, 0.1) is 6.67 Å². The SMILES string of the molecule is CN(Cn1nc(C2CC2)n(CCC(N)=O)c1=S)C1CCCc2ccccc21. The summed E-state index contributed by atoms with van der Waals surface area (Å²) in [6.45, 7) is 1.18. The van der Waals surface area contributed by atoms with Crippen molar-refractivity contribution < 1.29 is 4.79 Å². The van der Waals surface area contributed by atoms with E-state index in [0.717, 1.165) is 31.5 Å². The summed E-state index contributed by atoms with van der Waals surface area (Å²) in [5, 5.41) is 4.82. The number of carbonyl (C=O) groups excluding carboxylic acids is 1. The average molecular weight is 386 g/mol. The Balaban J connectivity index is 1.57. The van der Waals surface area contributed by atoms with Gasteiger partial charge in [-0.2, -0.15) is 5.10 Å². The summed E-state index contributed by atoms with van der Waals surface area (Å²) in [7, 11) is 2.15. The van der Waals surface area contributed by atoms with E-state index in [4.69, 9.17) is 23.1 Å². The molecule has 2 aromatic rings. The Hall–Kier alpha value is -1.99.